The van der Waals surface area contributed by atoms with Gasteiger partial charge in [-0.25, -0.2) is 13.2 Å². The van der Waals surface area contributed by atoms with Crippen molar-refractivity contribution in [1.29, 1.82) is 0 Å². The number of benzene rings is 2. The van der Waals surface area contributed by atoms with E-state index in [1.54, 1.807) is 29.0 Å². The van der Waals surface area contributed by atoms with Gasteiger partial charge < -0.3 is 9.30 Å². The van der Waals surface area contributed by atoms with Gasteiger partial charge in [0.15, 0.2) is 6.04 Å². The SMILES string of the molecule is COC(=O)C(c1ccc(Br)cc1)n1ccc2c(NS(C)(=O)=O)cccc21. The summed E-state index contributed by atoms with van der Waals surface area (Å²) in [6.07, 6.45) is 2.85. The van der Waals surface area contributed by atoms with Gasteiger partial charge in [-0.1, -0.05) is 34.1 Å². The predicted molar refractivity (Wildman–Crippen MR) is 105 cm³/mol. The zero-order valence-electron chi connectivity index (χ0n) is 14.1. The maximum Gasteiger partial charge on any atom is 0.333 e. The maximum atomic E-state index is 12.5. The van der Waals surface area contributed by atoms with Crippen LogP contribution in [0.3, 0.4) is 0 Å². The van der Waals surface area contributed by atoms with Crippen molar-refractivity contribution < 1.29 is 17.9 Å². The molecule has 3 aromatic rings. The van der Waals surface area contributed by atoms with E-state index in [2.05, 4.69) is 20.7 Å². The van der Waals surface area contributed by atoms with Gasteiger partial charge in [-0.15, -0.1) is 0 Å². The third-order valence-corrected chi connectivity index (χ3v) is 5.07. The molecule has 136 valence electrons. The van der Waals surface area contributed by atoms with Gasteiger partial charge in [0, 0.05) is 16.1 Å². The fourth-order valence-corrected chi connectivity index (χ4v) is 3.71. The molecule has 2 aromatic carbocycles. The van der Waals surface area contributed by atoms with Crippen molar-refractivity contribution >= 4 is 48.5 Å². The lowest BCUT2D eigenvalue weighted by molar-refractivity contribution is -0.143. The second-order valence-corrected chi connectivity index (χ2v) is 8.48. The molecule has 1 aromatic heterocycles. The van der Waals surface area contributed by atoms with Crippen molar-refractivity contribution in [1.82, 2.24) is 4.57 Å². The molecule has 1 N–H and O–H groups in total. The number of esters is 1. The number of methoxy groups -OCH3 is 1. The van der Waals surface area contributed by atoms with Crippen LogP contribution in [0, 0.1) is 0 Å². The third-order valence-electron chi connectivity index (χ3n) is 3.95. The molecule has 6 nitrogen and oxygen atoms in total. The molecule has 8 heteroatoms. The average Bonchev–Trinajstić information content (AvgIpc) is 3.00. The topological polar surface area (TPSA) is 77.4 Å². The van der Waals surface area contributed by atoms with Gasteiger partial charge in [0.2, 0.25) is 10.0 Å². The minimum Gasteiger partial charge on any atom is -0.467 e. The first-order valence-electron chi connectivity index (χ1n) is 7.71. The van der Waals surface area contributed by atoms with Crippen LogP contribution in [-0.4, -0.2) is 32.3 Å². The average molecular weight is 437 g/mol. The first kappa shape index (κ1) is 18.5. The quantitative estimate of drug-likeness (QED) is 0.620. The number of anilines is 1. The predicted octanol–water partition coefficient (Wildman–Crippen LogP) is 3.54. The zero-order chi connectivity index (χ0) is 18.9. The minimum atomic E-state index is -3.41. The highest BCUT2D eigenvalue weighted by Crippen LogP contribution is 2.31. The molecule has 0 aliphatic rings. The summed E-state index contributed by atoms with van der Waals surface area (Å²) in [5.41, 5.74) is 1.94. The number of sulfonamides is 1. The van der Waals surface area contributed by atoms with Crippen molar-refractivity contribution in [2.45, 2.75) is 6.04 Å². The Kier molecular flexibility index (Phi) is 5.06. The number of hydrogen-bond donors (Lipinski definition) is 1. The van der Waals surface area contributed by atoms with Crippen LogP contribution in [-0.2, 0) is 19.6 Å². The summed E-state index contributed by atoms with van der Waals surface area (Å²) in [6.45, 7) is 0. The first-order chi connectivity index (χ1) is 12.3. The molecular weight excluding hydrogens is 420 g/mol. The van der Waals surface area contributed by atoms with Gasteiger partial charge in [0.25, 0.3) is 0 Å². The molecule has 0 spiro atoms. The summed E-state index contributed by atoms with van der Waals surface area (Å²) < 4.78 is 33.4. The van der Waals surface area contributed by atoms with Gasteiger partial charge >= 0.3 is 5.97 Å². The summed E-state index contributed by atoms with van der Waals surface area (Å²) >= 11 is 3.39. The molecule has 26 heavy (non-hydrogen) atoms. The van der Waals surface area contributed by atoms with Gasteiger partial charge in [-0.2, -0.15) is 0 Å². The van der Waals surface area contributed by atoms with E-state index in [4.69, 9.17) is 4.74 Å². The molecule has 0 bridgehead atoms. The number of nitrogens with zero attached hydrogens (tertiary/aromatic N) is 1. The molecule has 1 unspecified atom stereocenters. The van der Waals surface area contributed by atoms with Crippen LogP contribution in [0.1, 0.15) is 11.6 Å². The monoisotopic (exact) mass is 436 g/mol. The summed E-state index contributed by atoms with van der Waals surface area (Å²) in [7, 11) is -2.07. The lowest BCUT2D eigenvalue weighted by Crippen LogP contribution is -2.21. The molecule has 0 fully saturated rings. The highest BCUT2D eigenvalue weighted by atomic mass is 79.9. The second-order valence-electron chi connectivity index (χ2n) is 5.81. The summed E-state index contributed by atoms with van der Waals surface area (Å²) in [5, 5.41) is 0.698. The van der Waals surface area contributed by atoms with Crippen LogP contribution in [0.4, 0.5) is 5.69 Å². The largest absolute Gasteiger partial charge is 0.467 e. The molecule has 0 aliphatic carbocycles. The van der Waals surface area contributed by atoms with Crippen LogP contribution in [0.15, 0.2) is 59.2 Å². The fraction of sp³-hybridized carbons (Fsp3) is 0.167. The third kappa shape index (κ3) is 3.76. The Morgan fingerprint density at radius 1 is 1.15 bits per heavy atom. The van der Waals surface area contributed by atoms with Crippen molar-refractivity contribution in [3.05, 3.63) is 64.8 Å². The van der Waals surface area contributed by atoms with E-state index in [1.807, 2.05) is 30.3 Å². The smallest absolute Gasteiger partial charge is 0.333 e. The highest BCUT2D eigenvalue weighted by molar-refractivity contribution is 9.10. The van der Waals surface area contributed by atoms with Crippen molar-refractivity contribution in [2.24, 2.45) is 0 Å². The zero-order valence-corrected chi connectivity index (χ0v) is 16.5. The molecule has 0 saturated carbocycles. The van der Waals surface area contributed by atoms with Crippen LogP contribution in [0.2, 0.25) is 0 Å². The van der Waals surface area contributed by atoms with Crippen LogP contribution in [0.5, 0.6) is 0 Å². The number of fused-ring (bicyclic) bond motifs is 1. The van der Waals surface area contributed by atoms with E-state index in [0.29, 0.717) is 11.1 Å². The Hall–Kier alpha value is -2.32. The van der Waals surface area contributed by atoms with Crippen molar-refractivity contribution in [3.63, 3.8) is 0 Å². The lowest BCUT2D eigenvalue weighted by Gasteiger charge is -2.19. The van der Waals surface area contributed by atoms with Gasteiger partial charge in [0.05, 0.1) is 24.6 Å². The molecule has 0 radical (unpaired) electrons. The van der Waals surface area contributed by atoms with Crippen LogP contribution in [0.25, 0.3) is 10.9 Å². The maximum absolute atomic E-state index is 12.5. The standard InChI is InChI=1S/C18H17BrN2O4S/c1-25-18(22)17(12-6-8-13(19)9-7-12)21-11-10-14-15(20-26(2,23)24)4-3-5-16(14)21/h3-11,17,20H,1-2H3. The van der Waals surface area contributed by atoms with Crippen LogP contribution < -0.4 is 4.72 Å². The second kappa shape index (κ2) is 7.13. The van der Waals surface area contributed by atoms with E-state index in [9.17, 15) is 13.2 Å². The Morgan fingerprint density at radius 3 is 2.46 bits per heavy atom. The highest BCUT2D eigenvalue weighted by Gasteiger charge is 2.25. The normalized spacial score (nSPS) is 12.7. The van der Waals surface area contributed by atoms with Gasteiger partial charge in [-0.05, 0) is 35.9 Å². The van der Waals surface area contributed by atoms with E-state index >= 15 is 0 Å². The number of carbonyl (C=O) groups is 1. The van der Waals surface area contributed by atoms with E-state index < -0.39 is 22.0 Å². The van der Waals surface area contributed by atoms with E-state index in [0.717, 1.165) is 21.8 Å². The van der Waals surface area contributed by atoms with E-state index in [-0.39, 0.29) is 0 Å². The van der Waals surface area contributed by atoms with Gasteiger partial charge in [-0.3, -0.25) is 4.72 Å². The fourth-order valence-electron chi connectivity index (χ4n) is 2.87. The molecule has 0 aliphatic heterocycles. The number of carbonyl (C=O) groups excluding carboxylic acids is 1. The molecule has 1 atom stereocenters. The van der Waals surface area contributed by atoms with Crippen LogP contribution >= 0.6 is 15.9 Å². The Bertz CT molecular complexity index is 1060. The number of hydrogen-bond acceptors (Lipinski definition) is 4. The Morgan fingerprint density at radius 2 is 1.85 bits per heavy atom. The number of rotatable bonds is 5. The minimum absolute atomic E-state index is 0.411. The Labute approximate surface area is 160 Å². The molecule has 3 rings (SSSR count). The number of ether oxygens (including phenoxy) is 1. The summed E-state index contributed by atoms with van der Waals surface area (Å²) in [6, 6.07) is 13.7. The number of halogens is 1. The Balaban J connectivity index is 2.16. The first-order valence-corrected chi connectivity index (χ1v) is 10.4. The molecule has 0 amide bonds. The molecular formula is C18H17BrN2O4S. The van der Waals surface area contributed by atoms with Crippen molar-refractivity contribution in [2.75, 3.05) is 18.1 Å². The summed E-state index contributed by atoms with van der Waals surface area (Å²) in [4.78, 5) is 12.5. The van der Waals surface area contributed by atoms with E-state index in [1.165, 1.54) is 7.11 Å². The number of nitrogens with one attached hydrogen (secondary N) is 1. The summed E-state index contributed by atoms with van der Waals surface area (Å²) in [5.74, 6) is -0.411. The lowest BCUT2D eigenvalue weighted by atomic mass is 10.1. The van der Waals surface area contributed by atoms with Gasteiger partial charge in [0.1, 0.15) is 0 Å². The molecule has 1 heterocycles. The number of aromatic nitrogens is 1. The molecule has 0 saturated heterocycles. The van der Waals surface area contributed by atoms with Crippen molar-refractivity contribution in [3.8, 4) is 0 Å².